The Kier molecular flexibility index (Phi) is 5.29. The highest BCUT2D eigenvalue weighted by molar-refractivity contribution is 5.87. The molecule has 1 fully saturated rings. The second-order valence-corrected chi connectivity index (χ2v) is 7.06. The van der Waals surface area contributed by atoms with E-state index >= 15 is 0 Å². The molecular formula is C24H24N2O2. The van der Waals surface area contributed by atoms with Gasteiger partial charge in [0.15, 0.2) is 0 Å². The number of benzene rings is 3. The summed E-state index contributed by atoms with van der Waals surface area (Å²) in [5.74, 6) is 0.127. The molecule has 1 aliphatic rings. The number of hydrogen-bond acceptors (Lipinski definition) is 3. The number of anilines is 1. The zero-order valence-electron chi connectivity index (χ0n) is 15.7. The largest absolute Gasteiger partial charge is 0.506 e. The molecule has 4 nitrogen and oxygen atoms in total. The number of carbonyl (C=O) groups is 1. The summed E-state index contributed by atoms with van der Waals surface area (Å²) >= 11 is 0. The van der Waals surface area contributed by atoms with Crippen LogP contribution in [0.25, 0.3) is 0 Å². The summed E-state index contributed by atoms with van der Waals surface area (Å²) in [7, 11) is 0. The van der Waals surface area contributed by atoms with Crippen molar-refractivity contribution in [3.05, 3.63) is 96.1 Å². The maximum atomic E-state index is 13.5. The van der Waals surface area contributed by atoms with Gasteiger partial charge in [-0.2, -0.15) is 0 Å². The summed E-state index contributed by atoms with van der Waals surface area (Å²) in [6, 6.07) is 27.3. The number of hydrogen-bond donors (Lipinski definition) is 1. The zero-order chi connectivity index (χ0) is 19.3. The lowest BCUT2D eigenvalue weighted by Gasteiger charge is -2.38. The smallest absolute Gasteiger partial charge is 0.234 e. The molecule has 1 amide bonds. The van der Waals surface area contributed by atoms with Gasteiger partial charge in [0, 0.05) is 26.2 Å². The maximum absolute atomic E-state index is 13.5. The molecule has 0 radical (unpaired) electrons. The number of rotatable bonds is 4. The van der Waals surface area contributed by atoms with E-state index in [1.165, 1.54) is 0 Å². The third-order valence-corrected chi connectivity index (χ3v) is 5.33. The van der Waals surface area contributed by atoms with Gasteiger partial charge in [0.25, 0.3) is 0 Å². The number of carbonyl (C=O) groups excluding carboxylic acids is 1. The van der Waals surface area contributed by atoms with Crippen molar-refractivity contribution >= 4 is 11.6 Å². The number of para-hydroxylation sites is 2. The molecule has 0 aliphatic carbocycles. The lowest BCUT2D eigenvalue weighted by Crippen LogP contribution is -2.50. The Morgan fingerprint density at radius 3 is 1.75 bits per heavy atom. The minimum Gasteiger partial charge on any atom is -0.506 e. The summed E-state index contributed by atoms with van der Waals surface area (Å²) in [5, 5.41) is 10.1. The average Bonchev–Trinajstić information content (AvgIpc) is 2.76. The van der Waals surface area contributed by atoms with Crippen molar-refractivity contribution < 1.29 is 9.90 Å². The van der Waals surface area contributed by atoms with Crippen LogP contribution in [0.2, 0.25) is 0 Å². The van der Waals surface area contributed by atoms with Gasteiger partial charge in [0.1, 0.15) is 5.75 Å². The van der Waals surface area contributed by atoms with Gasteiger partial charge in [0.2, 0.25) is 5.91 Å². The summed E-state index contributed by atoms with van der Waals surface area (Å²) in [5.41, 5.74) is 2.86. The summed E-state index contributed by atoms with van der Waals surface area (Å²) < 4.78 is 0. The van der Waals surface area contributed by atoms with Crippen molar-refractivity contribution in [2.45, 2.75) is 5.92 Å². The van der Waals surface area contributed by atoms with Gasteiger partial charge in [0.05, 0.1) is 11.6 Å². The summed E-state index contributed by atoms with van der Waals surface area (Å²) in [6.07, 6.45) is 0. The molecule has 0 aromatic heterocycles. The molecule has 3 aromatic rings. The first kappa shape index (κ1) is 18.1. The second kappa shape index (κ2) is 8.17. The Bertz CT molecular complexity index is 880. The fourth-order valence-corrected chi connectivity index (χ4v) is 3.85. The van der Waals surface area contributed by atoms with Crippen LogP contribution in [0.15, 0.2) is 84.9 Å². The van der Waals surface area contributed by atoms with Crippen LogP contribution < -0.4 is 4.90 Å². The highest BCUT2D eigenvalue weighted by Gasteiger charge is 2.30. The van der Waals surface area contributed by atoms with E-state index in [9.17, 15) is 9.90 Å². The number of phenolic OH excluding ortho intramolecular Hbond substituents is 1. The molecule has 1 heterocycles. The van der Waals surface area contributed by atoms with Crippen molar-refractivity contribution in [3.8, 4) is 5.75 Å². The summed E-state index contributed by atoms with van der Waals surface area (Å²) in [4.78, 5) is 17.6. The fraction of sp³-hybridized carbons (Fsp3) is 0.208. The Labute approximate surface area is 165 Å². The number of nitrogens with zero attached hydrogens (tertiary/aromatic N) is 2. The molecule has 1 N–H and O–H groups in total. The Balaban J connectivity index is 1.53. The van der Waals surface area contributed by atoms with Gasteiger partial charge in [-0.05, 0) is 23.3 Å². The third kappa shape index (κ3) is 3.72. The molecule has 4 rings (SSSR count). The Morgan fingerprint density at radius 1 is 0.714 bits per heavy atom. The molecule has 1 saturated heterocycles. The Hall–Kier alpha value is -3.27. The minimum atomic E-state index is -0.293. The normalized spacial score (nSPS) is 14.3. The van der Waals surface area contributed by atoms with E-state index < -0.39 is 0 Å². The summed E-state index contributed by atoms with van der Waals surface area (Å²) in [6.45, 7) is 2.70. The lowest BCUT2D eigenvalue weighted by atomic mass is 9.90. The standard InChI is InChI=1S/C24H24N2O2/c27-22-14-8-7-13-21(22)25-15-17-26(18-16-25)24(28)23(19-9-3-1-4-10-19)20-11-5-2-6-12-20/h1-14,23,27H,15-18H2. The van der Waals surface area contributed by atoms with E-state index in [-0.39, 0.29) is 17.6 Å². The van der Waals surface area contributed by atoms with Crippen LogP contribution in [-0.2, 0) is 4.79 Å². The van der Waals surface area contributed by atoms with Crippen LogP contribution in [0.1, 0.15) is 17.0 Å². The predicted molar refractivity (Wildman–Crippen MR) is 112 cm³/mol. The first-order valence-electron chi connectivity index (χ1n) is 9.65. The number of piperazine rings is 1. The molecule has 3 aromatic carbocycles. The average molecular weight is 372 g/mol. The Morgan fingerprint density at radius 2 is 1.21 bits per heavy atom. The first-order valence-corrected chi connectivity index (χ1v) is 9.65. The van der Waals surface area contributed by atoms with Crippen molar-refractivity contribution in [2.75, 3.05) is 31.1 Å². The van der Waals surface area contributed by atoms with Crippen LogP contribution in [0.5, 0.6) is 5.75 Å². The van der Waals surface area contributed by atoms with Crippen molar-refractivity contribution in [1.29, 1.82) is 0 Å². The predicted octanol–water partition coefficient (Wildman–Crippen LogP) is 3.87. The van der Waals surface area contributed by atoms with E-state index in [1.54, 1.807) is 6.07 Å². The molecule has 0 unspecified atom stereocenters. The monoisotopic (exact) mass is 372 g/mol. The molecule has 28 heavy (non-hydrogen) atoms. The quantitative estimate of drug-likeness (QED) is 0.756. The highest BCUT2D eigenvalue weighted by atomic mass is 16.3. The van der Waals surface area contributed by atoms with Gasteiger partial charge in [-0.3, -0.25) is 4.79 Å². The SMILES string of the molecule is O=C(C(c1ccccc1)c1ccccc1)N1CCN(c2ccccc2O)CC1. The molecule has 0 bridgehead atoms. The van der Waals surface area contributed by atoms with E-state index in [0.29, 0.717) is 26.2 Å². The molecule has 0 spiro atoms. The van der Waals surface area contributed by atoms with Crippen LogP contribution in [0.3, 0.4) is 0 Å². The van der Waals surface area contributed by atoms with Gasteiger partial charge < -0.3 is 14.9 Å². The van der Waals surface area contributed by atoms with E-state index in [2.05, 4.69) is 4.90 Å². The zero-order valence-corrected chi connectivity index (χ0v) is 15.7. The van der Waals surface area contributed by atoms with E-state index in [1.807, 2.05) is 83.8 Å². The van der Waals surface area contributed by atoms with Crippen LogP contribution in [0, 0.1) is 0 Å². The van der Waals surface area contributed by atoms with Crippen LogP contribution in [0.4, 0.5) is 5.69 Å². The topological polar surface area (TPSA) is 43.8 Å². The van der Waals surface area contributed by atoms with E-state index in [0.717, 1.165) is 16.8 Å². The van der Waals surface area contributed by atoms with Gasteiger partial charge in [-0.1, -0.05) is 72.8 Å². The van der Waals surface area contributed by atoms with E-state index in [4.69, 9.17) is 0 Å². The number of phenols is 1. The molecule has 142 valence electrons. The van der Waals surface area contributed by atoms with Crippen LogP contribution in [-0.4, -0.2) is 42.1 Å². The molecular weight excluding hydrogens is 348 g/mol. The molecule has 4 heteroatoms. The maximum Gasteiger partial charge on any atom is 0.234 e. The lowest BCUT2D eigenvalue weighted by molar-refractivity contribution is -0.132. The van der Waals surface area contributed by atoms with Crippen molar-refractivity contribution in [1.82, 2.24) is 4.90 Å². The van der Waals surface area contributed by atoms with Gasteiger partial charge in [-0.25, -0.2) is 0 Å². The third-order valence-electron chi connectivity index (χ3n) is 5.33. The fourth-order valence-electron chi connectivity index (χ4n) is 3.85. The first-order chi connectivity index (χ1) is 13.7. The van der Waals surface area contributed by atoms with Crippen LogP contribution >= 0.6 is 0 Å². The molecule has 1 aliphatic heterocycles. The number of aromatic hydroxyl groups is 1. The van der Waals surface area contributed by atoms with Gasteiger partial charge >= 0.3 is 0 Å². The molecule has 0 atom stereocenters. The molecule has 0 saturated carbocycles. The van der Waals surface area contributed by atoms with Crippen molar-refractivity contribution in [2.24, 2.45) is 0 Å². The number of amides is 1. The second-order valence-electron chi connectivity index (χ2n) is 7.06. The minimum absolute atomic E-state index is 0.134. The highest BCUT2D eigenvalue weighted by Crippen LogP contribution is 2.30. The van der Waals surface area contributed by atoms with Gasteiger partial charge in [-0.15, -0.1) is 0 Å². The van der Waals surface area contributed by atoms with Crippen molar-refractivity contribution in [3.63, 3.8) is 0 Å².